The lowest BCUT2D eigenvalue weighted by Gasteiger charge is -2.34. The van der Waals surface area contributed by atoms with Gasteiger partial charge in [-0.2, -0.15) is 0 Å². The van der Waals surface area contributed by atoms with Gasteiger partial charge in [0.05, 0.1) is 6.61 Å². The Labute approximate surface area is 129 Å². The van der Waals surface area contributed by atoms with E-state index < -0.39 is 11.5 Å². The summed E-state index contributed by atoms with van der Waals surface area (Å²) >= 11 is 6.19. The molecule has 1 atom stereocenters. The van der Waals surface area contributed by atoms with E-state index in [0.29, 0.717) is 31.0 Å². The Balaban J connectivity index is 1.92. The van der Waals surface area contributed by atoms with Gasteiger partial charge < -0.3 is 9.84 Å². The number of rotatable bonds is 4. The van der Waals surface area contributed by atoms with Gasteiger partial charge in [-0.25, -0.2) is 0 Å². The monoisotopic (exact) mass is 309 g/mol. The third kappa shape index (κ3) is 2.40. The Morgan fingerprint density at radius 2 is 2.33 bits per heavy atom. The van der Waals surface area contributed by atoms with Gasteiger partial charge in [0.1, 0.15) is 11.3 Å². The SMILES string of the molecule is CCC1(C(=O)O)CCCN1Cc1cc(Cl)cc2c1OCC2. The van der Waals surface area contributed by atoms with Crippen molar-refractivity contribution in [3.63, 3.8) is 0 Å². The molecule has 3 rings (SSSR count). The van der Waals surface area contributed by atoms with Crippen molar-refractivity contribution in [2.45, 2.75) is 44.7 Å². The molecule has 1 aromatic rings. The van der Waals surface area contributed by atoms with Crippen LogP contribution < -0.4 is 4.74 Å². The van der Waals surface area contributed by atoms with Crippen LogP contribution in [-0.2, 0) is 17.8 Å². The van der Waals surface area contributed by atoms with Crippen molar-refractivity contribution in [3.8, 4) is 5.75 Å². The summed E-state index contributed by atoms with van der Waals surface area (Å²) in [5, 5.41) is 10.4. The molecule has 0 radical (unpaired) electrons. The van der Waals surface area contributed by atoms with E-state index in [1.54, 1.807) is 0 Å². The fourth-order valence-corrected chi connectivity index (χ4v) is 3.89. The van der Waals surface area contributed by atoms with Gasteiger partial charge in [0.2, 0.25) is 0 Å². The van der Waals surface area contributed by atoms with Crippen LogP contribution in [0.2, 0.25) is 5.02 Å². The number of likely N-dealkylation sites (tertiary alicyclic amines) is 1. The molecule has 2 heterocycles. The molecular formula is C16H20ClNO3. The number of aliphatic carboxylic acids is 1. The second-order valence-electron chi connectivity index (χ2n) is 5.87. The van der Waals surface area contributed by atoms with Crippen molar-refractivity contribution in [2.75, 3.05) is 13.2 Å². The number of nitrogens with zero attached hydrogens (tertiary/aromatic N) is 1. The van der Waals surface area contributed by atoms with Crippen LogP contribution in [0.1, 0.15) is 37.3 Å². The molecule has 2 aliphatic rings. The van der Waals surface area contributed by atoms with Crippen LogP contribution in [0.25, 0.3) is 0 Å². The minimum absolute atomic E-state index is 0.586. The Kier molecular flexibility index (Phi) is 3.84. The highest BCUT2D eigenvalue weighted by Gasteiger charge is 2.46. The fourth-order valence-electron chi connectivity index (χ4n) is 3.63. The summed E-state index contributed by atoms with van der Waals surface area (Å²) in [4.78, 5) is 13.8. The van der Waals surface area contributed by atoms with Crippen LogP contribution in [0.4, 0.5) is 0 Å². The molecule has 5 heteroatoms. The average Bonchev–Trinajstić information content (AvgIpc) is 3.05. The van der Waals surface area contributed by atoms with Gasteiger partial charge in [-0.15, -0.1) is 0 Å². The van der Waals surface area contributed by atoms with E-state index in [-0.39, 0.29) is 0 Å². The van der Waals surface area contributed by atoms with E-state index in [0.717, 1.165) is 36.3 Å². The number of carboxylic acids is 1. The Bertz CT molecular complexity index is 575. The molecule has 1 saturated heterocycles. The molecule has 0 aliphatic carbocycles. The molecular weight excluding hydrogens is 290 g/mol. The molecule has 1 unspecified atom stereocenters. The second kappa shape index (κ2) is 5.50. The summed E-state index contributed by atoms with van der Waals surface area (Å²) in [6, 6.07) is 3.86. The molecule has 0 bridgehead atoms. The van der Waals surface area contributed by atoms with Crippen molar-refractivity contribution in [1.82, 2.24) is 4.90 Å². The lowest BCUT2D eigenvalue weighted by atomic mass is 9.92. The van der Waals surface area contributed by atoms with Crippen molar-refractivity contribution >= 4 is 17.6 Å². The van der Waals surface area contributed by atoms with Crippen LogP contribution in [0.15, 0.2) is 12.1 Å². The summed E-state index contributed by atoms with van der Waals surface area (Å²) in [6.07, 6.45) is 3.12. The number of hydrogen-bond donors (Lipinski definition) is 1. The molecule has 21 heavy (non-hydrogen) atoms. The molecule has 0 aromatic heterocycles. The van der Waals surface area contributed by atoms with E-state index in [1.807, 2.05) is 19.1 Å². The predicted octanol–water partition coefficient (Wildman–Crippen LogP) is 3.10. The standard InChI is InChI=1S/C16H20ClNO3/c1-2-16(15(19)20)5-3-6-18(16)10-12-9-13(17)8-11-4-7-21-14(11)12/h8-9H,2-7,10H2,1H3,(H,19,20). The zero-order valence-corrected chi connectivity index (χ0v) is 12.9. The average molecular weight is 310 g/mol. The van der Waals surface area contributed by atoms with Crippen LogP contribution in [0.3, 0.4) is 0 Å². The van der Waals surface area contributed by atoms with E-state index in [1.165, 1.54) is 0 Å². The number of benzene rings is 1. The minimum Gasteiger partial charge on any atom is -0.493 e. The Morgan fingerprint density at radius 3 is 3.05 bits per heavy atom. The van der Waals surface area contributed by atoms with E-state index in [2.05, 4.69) is 4.90 Å². The first-order chi connectivity index (χ1) is 10.1. The highest BCUT2D eigenvalue weighted by molar-refractivity contribution is 6.30. The molecule has 1 fully saturated rings. The first-order valence-corrected chi connectivity index (χ1v) is 7.87. The molecule has 1 N–H and O–H groups in total. The topological polar surface area (TPSA) is 49.8 Å². The van der Waals surface area contributed by atoms with Crippen LogP contribution in [0, 0.1) is 0 Å². The maximum Gasteiger partial charge on any atom is 0.324 e. The van der Waals surface area contributed by atoms with Crippen molar-refractivity contribution in [1.29, 1.82) is 0 Å². The molecule has 1 aromatic carbocycles. The third-order valence-corrected chi connectivity index (χ3v) is 5.01. The smallest absolute Gasteiger partial charge is 0.324 e. The third-order valence-electron chi connectivity index (χ3n) is 4.79. The Hall–Kier alpha value is -1.26. The van der Waals surface area contributed by atoms with Gasteiger partial charge in [-0.1, -0.05) is 18.5 Å². The van der Waals surface area contributed by atoms with Crippen LogP contribution >= 0.6 is 11.6 Å². The number of ether oxygens (including phenoxy) is 1. The first kappa shape index (κ1) is 14.7. The van der Waals surface area contributed by atoms with E-state index in [4.69, 9.17) is 16.3 Å². The second-order valence-corrected chi connectivity index (χ2v) is 6.30. The molecule has 0 spiro atoms. The summed E-state index contributed by atoms with van der Waals surface area (Å²) in [5.74, 6) is 0.184. The molecule has 4 nitrogen and oxygen atoms in total. The molecule has 2 aliphatic heterocycles. The summed E-state index contributed by atoms with van der Waals surface area (Å²) < 4.78 is 5.72. The number of halogens is 1. The van der Waals surface area contributed by atoms with Gasteiger partial charge >= 0.3 is 5.97 Å². The maximum absolute atomic E-state index is 11.8. The van der Waals surface area contributed by atoms with E-state index >= 15 is 0 Å². The zero-order chi connectivity index (χ0) is 15.0. The van der Waals surface area contributed by atoms with Gasteiger partial charge in [0.15, 0.2) is 0 Å². The molecule has 0 saturated carbocycles. The number of carboxylic acid groups (broad SMARTS) is 1. The lowest BCUT2D eigenvalue weighted by Crippen LogP contribution is -2.49. The molecule has 114 valence electrons. The number of carbonyl (C=O) groups is 1. The predicted molar refractivity (Wildman–Crippen MR) is 81.0 cm³/mol. The van der Waals surface area contributed by atoms with Gasteiger partial charge in [0, 0.05) is 23.6 Å². The summed E-state index contributed by atoms with van der Waals surface area (Å²) in [6.45, 7) is 4.02. The van der Waals surface area contributed by atoms with Crippen molar-refractivity contribution in [3.05, 3.63) is 28.3 Å². The van der Waals surface area contributed by atoms with Crippen molar-refractivity contribution < 1.29 is 14.6 Å². The lowest BCUT2D eigenvalue weighted by molar-refractivity contribution is -0.150. The van der Waals surface area contributed by atoms with Crippen LogP contribution in [0.5, 0.6) is 5.75 Å². The highest BCUT2D eigenvalue weighted by atomic mass is 35.5. The quantitative estimate of drug-likeness (QED) is 0.928. The largest absolute Gasteiger partial charge is 0.493 e. The minimum atomic E-state index is -0.742. The normalized spacial score (nSPS) is 24.9. The van der Waals surface area contributed by atoms with Gasteiger partial charge in [0.25, 0.3) is 0 Å². The number of fused-ring (bicyclic) bond motifs is 1. The van der Waals surface area contributed by atoms with E-state index in [9.17, 15) is 9.90 Å². The van der Waals surface area contributed by atoms with Crippen LogP contribution in [-0.4, -0.2) is 34.7 Å². The summed E-state index contributed by atoms with van der Waals surface area (Å²) in [5.41, 5.74) is 1.40. The van der Waals surface area contributed by atoms with Gasteiger partial charge in [-0.05, 0) is 43.5 Å². The first-order valence-electron chi connectivity index (χ1n) is 7.49. The highest BCUT2D eigenvalue weighted by Crippen LogP contribution is 2.38. The fraction of sp³-hybridized carbons (Fsp3) is 0.562. The zero-order valence-electron chi connectivity index (χ0n) is 12.2. The summed E-state index contributed by atoms with van der Waals surface area (Å²) in [7, 11) is 0. The number of hydrogen-bond acceptors (Lipinski definition) is 3. The molecule has 0 amide bonds. The Morgan fingerprint density at radius 1 is 1.52 bits per heavy atom. The maximum atomic E-state index is 11.8. The van der Waals surface area contributed by atoms with Gasteiger partial charge in [-0.3, -0.25) is 9.69 Å². The van der Waals surface area contributed by atoms with Crippen molar-refractivity contribution in [2.24, 2.45) is 0 Å².